The predicted molar refractivity (Wildman–Crippen MR) is 88.7 cm³/mol. The van der Waals surface area contributed by atoms with Crippen molar-refractivity contribution in [2.45, 2.75) is 19.3 Å². The Morgan fingerprint density at radius 2 is 1.95 bits per heavy atom. The molecule has 0 unspecified atom stereocenters. The maximum Gasteiger partial charge on any atom is 0.222 e. The van der Waals surface area contributed by atoms with Crippen molar-refractivity contribution in [1.29, 1.82) is 0 Å². The van der Waals surface area contributed by atoms with E-state index in [1.807, 2.05) is 0 Å². The van der Waals surface area contributed by atoms with Gasteiger partial charge in [0, 0.05) is 30.1 Å². The largest absolute Gasteiger partial charge is 0.368 e. The van der Waals surface area contributed by atoms with Gasteiger partial charge in [0.2, 0.25) is 5.95 Å². The van der Waals surface area contributed by atoms with Crippen LogP contribution in [0.15, 0.2) is 24.3 Å². The van der Waals surface area contributed by atoms with Crippen molar-refractivity contribution in [2.75, 3.05) is 30.3 Å². The van der Waals surface area contributed by atoms with Crippen molar-refractivity contribution < 1.29 is 0 Å². The van der Waals surface area contributed by atoms with Crippen molar-refractivity contribution in [1.82, 2.24) is 9.97 Å². The van der Waals surface area contributed by atoms with E-state index in [-0.39, 0.29) is 0 Å². The average Bonchev–Trinajstić information content (AvgIpc) is 2.66. The number of nitrogen functional groups attached to an aromatic ring is 1. The van der Waals surface area contributed by atoms with Gasteiger partial charge < -0.3 is 16.4 Å². The first-order chi connectivity index (χ1) is 10.8. The lowest BCUT2D eigenvalue weighted by Gasteiger charge is -2.40. The van der Waals surface area contributed by atoms with Crippen LogP contribution in [0.25, 0.3) is 11.3 Å². The minimum atomic E-state index is 0.363. The van der Waals surface area contributed by atoms with Gasteiger partial charge in [0.25, 0.3) is 0 Å². The van der Waals surface area contributed by atoms with Crippen molar-refractivity contribution in [3.05, 3.63) is 35.4 Å². The fourth-order valence-electron chi connectivity index (χ4n) is 3.52. The zero-order chi connectivity index (χ0) is 15.1. The summed E-state index contributed by atoms with van der Waals surface area (Å²) in [6.07, 6.45) is 3.21. The third kappa shape index (κ3) is 2.13. The standard InChI is InChI=1S/C17H21N5/c18-8-11-9-22(10-11)16-14-7-3-5-12-4-1-2-6-13(12)15(14)20-17(19)21-16/h1-2,4,6,11H,3,5,7-10,18H2,(H2,19,20,21). The summed E-state index contributed by atoms with van der Waals surface area (Å²) < 4.78 is 0. The van der Waals surface area contributed by atoms with E-state index in [0.29, 0.717) is 11.9 Å². The molecule has 2 heterocycles. The zero-order valence-electron chi connectivity index (χ0n) is 12.6. The lowest BCUT2D eigenvalue weighted by Crippen LogP contribution is -2.50. The van der Waals surface area contributed by atoms with Gasteiger partial charge in [-0.15, -0.1) is 0 Å². The lowest BCUT2D eigenvalue weighted by atomic mass is 9.97. The van der Waals surface area contributed by atoms with Crippen LogP contribution in [-0.2, 0) is 12.8 Å². The maximum atomic E-state index is 6.00. The molecule has 0 bridgehead atoms. The highest BCUT2D eigenvalue weighted by atomic mass is 15.3. The summed E-state index contributed by atoms with van der Waals surface area (Å²) in [4.78, 5) is 11.4. The molecular weight excluding hydrogens is 274 g/mol. The van der Waals surface area contributed by atoms with Crippen LogP contribution in [0, 0.1) is 5.92 Å². The molecule has 5 heteroatoms. The minimum absolute atomic E-state index is 0.363. The number of aryl methyl sites for hydroxylation is 1. The highest BCUT2D eigenvalue weighted by Crippen LogP contribution is 2.37. The van der Waals surface area contributed by atoms with E-state index >= 15 is 0 Å². The second kappa shape index (κ2) is 5.25. The molecule has 22 heavy (non-hydrogen) atoms. The number of nitrogens with zero attached hydrogens (tertiary/aromatic N) is 3. The topological polar surface area (TPSA) is 81.1 Å². The van der Waals surface area contributed by atoms with Crippen LogP contribution in [0.4, 0.5) is 11.8 Å². The Kier molecular flexibility index (Phi) is 3.22. The Bertz CT molecular complexity index is 706. The van der Waals surface area contributed by atoms with Gasteiger partial charge in [-0.05, 0) is 31.4 Å². The molecule has 1 fully saturated rings. The number of hydrogen-bond donors (Lipinski definition) is 2. The zero-order valence-corrected chi connectivity index (χ0v) is 12.6. The molecule has 2 aromatic rings. The number of fused-ring (bicyclic) bond motifs is 3. The summed E-state index contributed by atoms with van der Waals surface area (Å²) in [5, 5.41) is 0. The van der Waals surface area contributed by atoms with Crippen LogP contribution in [0.1, 0.15) is 17.5 Å². The fraction of sp³-hybridized carbons (Fsp3) is 0.412. The summed E-state index contributed by atoms with van der Waals surface area (Å²) in [6, 6.07) is 8.50. The van der Waals surface area contributed by atoms with Crippen LogP contribution in [-0.4, -0.2) is 29.6 Å². The molecule has 0 amide bonds. The van der Waals surface area contributed by atoms with Crippen molar-refractivity contribution in [3.8, 4) is 11.3 Å². The molecule has 4 rings (SSSR count). The molecule has 5 nitrogen and oxygen atoms in total. The molecule has 1 aromatic carbocycles. The molecule has 1 saturated heterocycles. The summed E-state index contributed by atoms with van der Waals surface area (Å²) in [7, 11) is 0. The second-order valence-electron chi connectivity index (χ2n) is 6.25. The molecule has 0 atom stereocenters. The SMILES string of the molecule is NCC1CN(c2nc(N)nc3c2CCCc2ccccc2-3)C1. The molecular formula is C17H21N5. The van der Waals surface area contributed by atoms with Crippen LogP contribution in [0.3, 0.4) is 0 Å². The number of rotatable bonds is 2. The van der Waals surface area contributed by atoms with Gasteiger partial charge in [0.1, 0.15) is 5.82 Å². The molecule has 0 spiro atoms. The van der Waals surface area contributed by atoms with Crippen molar-refractivity contribution >= 4 is 11.8 Å². The molecule has 1 aromatic heterocycles. The lowest BCUT2D eigenvalue weighted by molar-refractivity contribution is 0.416. The van der Waals surface area contributed by atoms with E-state index in [1.165, 1.54) is 16.7 Å². The van der Waals surface area contributed by atoms with Gasteiger partial charge >= 0.3 is 0 Å². The fourth-order valence-corrected chi connectivity index (χ4v) is 3.52. The molecule has 0 saturated carbocycles. The Balaban J connectivity index is 1.82. The van der Waals surface area contributed by atoms with Crippen LogP contribution < -0.4 is 16.4 Å². The third-order valence-corrected chi connectivity index (χ3v) is 4.74. The number of aromatic nitrogens is 2. The van der Waals surface area contributed by atoms with Crippen LogP contribution in [0.5, 0.6) is 0 Å². The monoisotopic (exact) mass is 295 g/mol. The average molecular weight is 295 g/mol. The molecule has 2 aliphatic rings. The van der Waals surface area contributed by atoms with Gasteiger partial charge in [-0.1, -0.05) is 24.3 Å². The van der Waals surface area contributed by atoms with E-state index in [0.717, 1.165) is 50.4 Å². The second-order valence-corrected chi connectivity index (χ2v) is 6.25. The third-order valence-electron chi connectivity index (χ3n) is 4.74. The van der Waals surface area contributed by atoms with E-state index in [4.69, 9.17) is 11.5 Å². The van der Waals surface area contributed by atoms with Crippen LogP contribution in [0.2, 0.25) is 0 Å². The van der Waals surface area contributed by atoms with Gasteiger partial charge in [-0.2, -0.15) is 4.98 Å². The molecule has 4 N–H and O–H groups in total. The van der Waals surface area contributed by atoms with Gasteiger partial charge in [0.15, 0.2) is 0 Å². The van der Waals surface area contributed by atoms with Gasteiger partial charge in [0.05, 0.1) is 5.69 Å². The normalized spacial score (nSPS) is 17.4. The number of nitrogens with two attached hydrogens (primary N) is 2. The molecule has 1 aliphatic heterocycles. The number of anilines is 2. The van der Waals surface area contributed by atoms with Crippen molar-refractivity contribution in [2.24, 2.45) is 11.7 Å². The van der Waals surface area contributed by atoms with Crippen molar-refractivity contribution in [3.63, 3.8) is 0 Å². The minimum Gasteiger partial charge on any atom is -0.368 e. The van der Waals surface area contributed by atoms with Crippen LogP contribution >= 0.6 is 0 Å². The Hall–Kier alpha value is -2.14. The Morgan fingerprint density at radius 1 is 1.14 bits per heavy atom. The first kappa shape index (κ1) is 13.5. The van der Waals surface area contributed by atoms with Gasteiger partial charge in [-0.3, -0.25) is 0 Å². The number of benzene rings is 1. The van der Waals surface area contributed by atoms with Gasteiger partial charge in [-0.25, -0.2) is 4.98 Å². The first-order valence-electron chi connectivity index (χ1n) is 7.96. The summed E-state index contributed by atoms with van der Waals surface area (Å²) in [6.45, 7) is 2.68. The molecule has 114 valence electrons. The molecule has 1 aliphatic carbocycles. The Labute approximate surface area is 130 Å². The summed E-state index contributed by atoms with van der Waals surface area (Å²) in [5.41, 5.74) is 16.6. The van der Waals surface area contributed by atoms with E-state index < -0.39 is 0 Å². The predicted octanol–water partition coefficient (Wildman–Crippen LogP) is 1.61. The highest BCUT2D eigenvalue weighted by molar-refractivity contribution is 5.74. The van der Waals surface area contributed by atoms with E-state index in [9.17, 15) is 0 Å². The molecule has 0 radical (unpaired) electrons. The smallest absolute Gasteiger partial charge is 0.222 e. The first-order valence-corrected chi connectivity index (χ1v) is 7.96. The maximum absolute atomic E-state index is 6.00. The number of hydrogen-bond acceptors (Lipinski definition) is 5. The van der Waals surface area contributed by atoms with E-state index in [2.05, 4.69) is 39.1 Å². The highest BCUT2D eigenvalue weighted by Gasteiger charge is 2.30. The quantitative estimate of drug-likeness (QED) is 0.879. The summed E-state index contributed by atoms with van der Waals surface area (Å²) >= 11 is 0. The Morgan fingerprint density at radius 3 is 2.77 bits per heavy atom. The van der Waals surface area contributed by atoms with E-state index in [1.54, 1.807) is 0 Å². The summed E-state index contributed by atoms with van der Waals surface area (Å²) in [5.74, 6) is 1.95.